The van der Waals surface area contributed by atoms with Crippen molar-refractivity contribution in [1.29, 1.82) is 0 Å². The van der Waals surface area contributed by atoms with Gasteiger partial charge < -0.3 is 9.64 Å². The number of carbonyl (C=O) groups is 1. The number of rotatable bonds is 9. The summed E-state index contributed by atoms with van der Waals surface area (Å²) in [5.41, 5.74) is 0.308. The first kappa shape index (κ1) is 22.2. The topological polar surface area (TPSA) is 110 Å². The molecule has 2 rings (SSSR count). The largest absolute Gasteiger partial charge is 0.491 e. The molecule has 1 atom stereocenters. The molecule has 0 spiro atoms. The van der Waals surface area contributed by atoms with Crippen LogP contribution in [0.1, 0.15) is 20.3 Å². The van der Waals surface area contributed by atoms with Gasteiger partial charge in [0.1, 0.15) is 11.5 Å². The fourth-order valence-electron chi connectivity index (χ4n) is 2.95. The Kier molecular flexibility index (Phi) is 7.11. The van der Waals surface area contributed by atoms with Crippen LogP contribution >= 0.6 is 0 Å². The van der Waals surface area contributed by atoms with Gasteiger partial charge in [0.25, 0.3) is 0 Å². The van der Waals surface area contributed by atoms with Crippen molar-refractivity contribution in [3.63, 3.8) is 0 Å². The monoisotopic (exact) mass is 430 g/mol. The lowest BCUT2D eigenvalue weighted by atomic mass is 10.2. The van der Waals surface area contributed by atoms with E-state index in [-0.39, 0.29) is 24.2 Å². The number of nitrogens with zero attached hydrogens (tertiary/aromatic N) is 1. The number of carbonyl (C=O) groups excluding carboxylic acids is 1. The number of sulfone groups is 1. The Labute approximate surface area is 166 Å². The van der Waals surface area contributed by atoms with Crippen molar-refractivity contribution in [3.8, 4) is 5.75 Å². The average Bonchev–Trinajstić information content (AvgIpc) is 2.92. The Balaban J connectivity index is 2.04. The molecule has 1 unspecified atom stereocenters. The standard InChI is InChI=1S/C18H26N2O6S2/c1-4-10-20(16-9-11-27(22,23)12-16)18(21)13-28(24,25)19-15-5-7-17(8-6-15)26-14(2)3/h4-8,14,16,19H,1,9-13H2,2-3H3. The van der Waals surface area contributed by atoms with Crippen LogP contribution in [-0.4, -0.2) is 63.6 Å². The molecule has 0 bridgehead atoms. The van der Waals surface area contributed by atoms with Gasteiger partial charge in [-0.2, -0.15) is 0 Å². The van der Waals surface area contributed by atoms with E-state index < -0.39 is 37.6 Å². The second kappa shape index (κ2) is 8.95. The van der Waals surface area contributed by atoms with E-state index in [1.807, 2.05) is 13.8 Å². The minimum absolute atomic E-state index is 0.00425. The fourth-order valence-corrected chi connectivity index (χ4v) is 5.74. The van der Waals surface area contributed by atoms with Gasteiger partial charge in [0.15, 0.2) is 9.84 Å². The summed E-state index contributed by atoms with van der Waals surface area (Å²) in [4.78, 5) is 13.8. The first-order chi connectivity index (χ1) is 13.0. The van der Waals surface area contributed by atoms with E-state index in [4.69, 9.17) is 4.74 Å². The van der Waals surface area contributed by atoms with Crippen LogP contribution in [0.2, 0.25) is 0 Å². The highest BCUT2D eigenvalue weighted by Crippen LogP contribution is 2.20. The molecule has 0 aromatic heterocycles. The van der Waals surface area contributed by atoms with Crippen LogP contribution in [0.3, 0.4) is 0 Å². The Bertz CT molecular complexity index is 908. The van der Waals surface area contributed by atoms with Crippen molar-refractivity contribution in [1.82, 2.24) is 4.90 Å². The van der Waals surface area contributed by atoms with Crippen molar-refractivity contribution in [3.05, 3.63) is 36.9 Å². The minimum atomic E-state index is -3.96. The summed E-state index contributed by atoms with van der Waals surface area (Å²) in [6.07, 6.45) is 1.75. The number of hydrogen-bond donors (Lipinski definition) is 1. The van der Waals surface area contributed by atoms with Crippen molar-refractivity contribution in [2.24, 2.45) is 0 Å². The maximum atomic E-state index is 12.6. The van der Waals surface area contributed by atoms with Crippen molar-refractivity contribution in [2.45, 2.75) is 32.4 Å². The number of amides is 1. The molecule has 1 fully saturated rings. The summed E-state index contributed by atoms with van der Waals surface area (Å²) in [6.45, 7) is 7.42. The van der Waals surface area contributed by atoms with Gasteiger partial charge in [0, 0.05) is 18.3 Å². The lowest BCUT2D eigenvalue weighted by Gasteiger charge is -2.27. The molecule has 0 aliphatic carbocycles. The molecular formula is C18H26N2O6S2. The lowest BCUT2D eigenvalue weighted by Crippen LogP contribution is -2.44. The normalized spacial score (nSPS) is 18.6. The average molecular weight is 431 g/mol. The smallest absolute Gasteiger partial charge is 0.241 e. The van der Waals surface area contributed by atoms with Crippen molar-refractivity contribution in [2.75, 3.05) is 28.5 Å². The number of ether oxygens (including phenoxy) is 1. The van der Waals surface area contributed by atoms with Gasteiger partial charge in [-0.3, -0.25) is 9.52 Å². The molecule has 156 valence electrons. The van der Waals surface area contributed by atoms with Gasteiger partial charge in [0.2, 0.25) is 15.9 Å². The van der Waals surface area contributed by atoms with Gasteiger partial charge in [-0.1, -0.05) is 6.08 Å². The van der Waals surface area contributed by atoms with Gasteiger partial charge in [-0.05, 0) is 44.5 Å². The molecule has 1 aliphatic rings. The molecule has 1 N–H and O–H groups in total. The Hall–Kier alpha value is -2.07. The lowest BCUT2D eigenvalue weighted by molar-refractivity contribution is -0.129. The van der Waals surface area contributed by atoms with Crippen LogP contribution in [0, 0.1) is 0 Å². The highest BCUT2D eigenvalue weighted by molar-refractivity contribution is 7.93. The van der Waals surface area contributed by atoms with E-state index in [0.29, 0.717) is 17.9 Å². The summed E-state index contributed by atoms with van der Waals surface area (Å²) in [7, 11) is -7.16. The molecule has 1 saturated heterocycles. The van der Waals surface area contributed by atoms with E-state index in [0.717, 1.165) is 0 Å². The Morgan fingerprint density at radius 1 is 1.36 bits per heavy atom. The first-order valence-electron chi connectivity index (χ1n) is 8.89. The minimum Gasteiger partial charge on any atom is -0.491 e. The molecule has 1 aliphatic heterocycles. The number of sulfonamides is 1. The predicted molar refractivity (Wildman–Crippen MR) is 109 cm³/mol. The zero-order chi connectivity index (χ0) is 20.9. The summed E-state index contributed by atoms with van der Waals surface area (Å²) in [5, 5.41) is 0. The zero-order valence-corrected chi connectivity index (χ0v) is 17.6. The third kappa shape index (κ3) is 6.52. The van der Waals surface area contributed by atoms with E-state index in [1.54, 1.807) is 24.3 Å². The predicted octanol–water partition coefficient (Wildman–Crippen LogP) is 1.42. The van der Waals surface area contributed by atoms with Crippen LogP contribution < -0.4 is 9.46 Å². The summed E-state index contributed by atoms with van der Waals surface area (Å²) < 4.78 is 56.0. The number of hydrogen-bond acceptors (Lipinski definition) is 6. The molecule has 1 aromatic carbocycles. The number of benzene rings is 1. The first-order valence-corrected chi connectivity index (χ1v) is 12.4. The SMILES string of the molecule is C=CCN(C(=O)CS(=O)(=O)Nc1ccc(OC(C)C)cc1)C1CCS(=O)(=O)C1. The van der Waals surface area contributed by atoms with E-state index in [9.17, 15) is 21.6 Å². The number of anilines is 1. The third-order valence-electron chi connectivity index (χ3n) is 4.11. The molecule has 1 aromatic rings. The van der Waals surface area contributed by atoms with Crippen LogP contribution in [0.15, 0.2) is 36.9 Å². The van der Waals surface area contributed by atoms with Crippen LogP contribution in [0.4, 0.5) is 5.69 Å². The highest BCUT2D eigenvalue weighted by Gasteiger charge is 2.35. The van der Waals surface area contributed by atoms with Crippen LogP contribution in [-0.2, 0) is 24.7 Å². The molecule has 1 amide bonds. The van der Waals surface area contributed by atoms with Crippen LogP contribution in [0.25, 0.3) is 0 Å². The molecule has 1 heterocycles. The molecule has 10 heteroatoms. The van der Waals surface area contributed by atoms with E-state index in [1.165, 1.54) is 11.0 Å². The van der Waals surface area contributed by atoms with Crippen molar-refractivity contribution >= 4 is 31.5 Å². The van der Waals surface area contributed by atoms with E-state index in [2.05, 4.69) is 11.3 Å². The van der Waals surface area contributed by atoms with Gasteiger partial charge in [-0.15, -0.1) is 6.58 Å². The molecule has 8 nitrogen and oxygen atoms in total. The molecular weight excluding hydrogens is 404 g/mol. The van der Waals surface area contributed by atoms with Crippen LogP contribution in [0.5, 0.6) is 5.75 Å². The second-order valence-electron chi connectivity index (χ2n) is 6.94. The number of nitrogens with one attached hydrogen (secondary N) is 1. The Morgan fingerprint density at radius 3 is 2.50 bits per heavy atom. The van der Waals surface area contributed by atoms with Gasteiger partial charge in [0.05, 0.1) is 17.6 Å². The molecule has 0 radical (unpaired) electrons. The highest BCUT2D eigenvalue weighted by atomic mass is 32.2. The van der Waals surface area contributed by atoms with Crippen molar-refractivity contribution < 1.29 is 26.4 Å². The zero-order valence-electron chi connectivity index (χ0n) is 16.0. The quantitative estimate of drug-likeness (QED) is 0.593. The molecule has 0 saturated carbocycles. The summed E-state index contributed by atoms with van der Waals surface area (Å²) in [6, 6.07) is 5.83. The maximum Gasteiger partial charge on any atom is 0.241 e. The van der Waals surface area contributed by atoms with E-state index >= 15 is 0 Å². The van der Waals surface area contributed by atoms with Gasteiger partial charge in [-0.25, -0.2) is 16.8 Å². The Morgan fingerprint density at radius 2 is 2.00 bits per heavy atom. The summed E-state index contributed by atoms with van der Waals surface area (Å²) >= 11 is 0. The second-order valence-corrected chi connectivity index (χ2v) is 10.9. The maximum absolute atomic E-state index is 12.6. The molecule has 28 heavy (non-hydrogen) atoms. The van der Waals surface area contributed by atoms with Gasteiger partial charge >= 0.3 is 0 Å². The summed E-state index contributed by atoms with van der Waals surface area (Å²) in [5.74, 6) is -0.990. The third-order valence-corrected chi connectivity index (χ3v) is 7.03. The fraction of sp³-hybridized carbons (Fsp3) is 0.500.